The zero-order valence-corrected chi connectivity index (χ0v) is 78.0. The summed E-state index contributed by atoms with van der Waals surface area (Å²) in [6, 6.07) is 119. The SMILES string of the molecule is CC.CC.CC.CC.CC.CC.CC.CC.CC.CC.CC.CC.c1ccc(N(c2ccccc2)c2ccc(C3NCCN3)cc2)cc1.c1ccc(N(c2ccccc2)c2ccc(C3NCCO3)cc2)cc1.c1ccc(N(c2ccccc2)c2cccc(C3NCCN3)c2)cc1.c1ccc(N(c2ccccc2)c2ccccc2C2NCCN2)cc1. The van der Waals surface area contributed by atoms with Crippen molar-refractivity contribution in [1.82, 2.24) is 37.2 Å². The summed E-state index contributed by atoms with van der Waals surface area (Å²) < 4.78 is 5.68. The third-order valence-electron chi connectivity index (χ3n) is 17.2. The van der Waals surface area contributed by atoms with Gasteiger partial charge in [-0.05, 0) is 156 Å². The van der Waals surface area contributed by atoms with Gasteiger partial charge >= 0.3 is 0 Å². The van der Waals surface area contributed by atoms with Crippen LogP contribution in [0.5, 0.6) is 0 Å². The van der Waals surface area contributed by atoms with Crippen molar-refractivity contribution in [3.05, 3.63) is 362 Å². The van der Waals surface area contributed by atoms with Crippen LogP contribution in [0.4, 0.5) is 68.2 Å². The minimum atomic E-state index is 0.0148. The van der Waals surface area contributed by atoms with E-state index in [-0.39, 0.29) is 24.7 Å². The van der Waals surface area contributed by atoms with E-state index in [1.165, 1.54) is 28.1 Å². The molecule has 0 radical (unpaired) electrons. The predicted octanol–water partition coefficient (Wildman–Crippen LogP) is 30.1. The Balaban J connectivity index is 0.000000736. The molecule has 648 valence electrons. The van der Waals surface area contributed by atoms with Gasteiger partial charge in [-0.25, -0.2) is 0 Å². The van der Waals surface area contributed by atoms with Crippen molar-refractivity contribution in [1.29, 1.82) is 0 Å². The maximum absolute atomic E-state index is 5.68. The quantitative estimate of drug-likeness (QED) is 0.0501. The van der Waals surface area contributed by atoms with Gasteiger partial charge < -0.3 is 24.3 Å². The van der Waals surface area contributed by atoms with E-state index in [1.807, 2.05) is 190 Å². The summed E-state index contributed by atoms with van der Waals surface area (Å²) >= 11 is 0. The lowest BCUT2D eigenvalue weighted by atomic mass is 10.1. The highest BCUT2D eigenvalue weighted by atomic mass is 16.5. The zero-order chi connectivity index (χ0) is 88.8. The summed E-state index contributed by atoms with van der Waals surface area (Å²) in [7, 11) is 0. The molecule has 12 heteroatoms. The monoisotopic (exact) mass is 1620 g/mol. The van der Waals surface area contributed by atoms with Gasteiger partial charge in [-0.3, -0.25) is 37.2 Å². The first-order valence-electron chi connectivity index (χ1n) is 45.4. The second-order valence-electron chi connectivity index (χ2n) is 23.6. The lowest BCUT2D eigenvalue weighted by molar-refractivity contribution is 0.102. The molecule has 4 fully saturated rings. The summed E-state index contributed by atoms with van der Waals surface area (Å²) in [4.78, 5) is 9.14. The number of para-hydroxylation sites is 9. The Kier molecular flexibility index (Phi) is 63.1. The Labute approximate surface area is 730 Å². The third kappa shape index (κ3) is 35.1. The predicted molar refractivity (Wildman–Crippen MR) is 534 cm³/mol. The number of ether oxygens (including phenoxy) is 1. The van der Waals surface area contributed by atoms with Gasteiger partial charge in [0, 0.05) is 114 Å². The van der Waals surface area contributed by atoms with Crippen molar-refractivity contribution in [3.63, 3.8) is 0 Å². The fraction of sp³-hybridized carbons (Fsp3) is 0.333. The molecule has 4 aliphatic rings. The number of nitrogens with one attached hydrogen (secondary N) is 7. The Hall–Kier alpha value is -10.5. The van der Waals surface area contributed by atoms with Crippen LogP contribution in [-0.4, -0.2) is 52.4 Å². The van der Waals surface area contributed by atoms with E-state index >= 15 is 0 Å². The van der Waals surface area contributed by atoms with Gasteiger partial charge in [0.05, 0.1) is 30.8 Å². The van der Waals surface area contributed by atoms with Gasteiger partial charge in [0.1, 0.15) is 6.23 Å². The van der Waals surface area contributed by atoms with Crippen molar-refractivity contribution in [2.24, 2.45) is 0 Å². The summed E-state index contributed by atoms with van der Waals surface area (Å²) in [6.07, 6.45) is 0.705. The average molecular weight is 1620 g/mol. The minimum absolute atomic E-state index is 0.0148. The molecule has 12 aromatic rings. The average Bonchev–Trinajstić information content (AvgIpc) is 1.27. The molecule has 4 saturated heterocycles. The number of hydrogen-bond donors (Lipinski definition) is 7. The van der Waals surface area contributed by atoms with Crippen molar-refractivity contribution in [3.8, 4) is 0 Å². The van der Waals surface area contributed by atoms with Crippen LogP contribution in [-0.2, 0) is 4.74 Å². The van der Waals surface area contributed by atoms with E-state index in [9.17, 15) is 0 Å². The normalized spacial score (nSPS) is 12.8. The van der Waals surface area contributed by atoms with E-state index in [1.54, 1.807) is 0 Å². The molecule has 120 heavy (non-hydrogen) atoms. The second-order valence-corrected chi connectivity index (χ2v) is 23.6. The standard InChI is InChI=1S/3C21H21N3.C21H20N2O.12C2H6/c1-3-9-18(10-4-1)24(19-11-5-2-6-12-19)20-13-7-8-17(16-20)21-22-14-15-23-21;1-3-9-17(10-4-1)24(18-11-5-2-6-12-18)20-14-8-7-13-19(20)21-22-15-16-23-21;1-3-7-18(8-4-1)24(19-9-5-2-6-10-19)20-13-11-17(12-14-20)21-22-15-16-23-21;1-3-7-18(8-4-1)23(19-9-5-2-6-10-19)20-13-11-17(12-14-20)21-22-15-16-24-21;12*1-2/h1-13,16,21-23H,14-15H2;2*1-14,21-23H,15-16H2;1-14,21-22H,15-16H2;12*1-2H3. The lowest BCUT2D eigenvalue weighted by Crippen LogP contribution is -2.24. The van der Waals surface area contributed by atoms with Crippen LogP contribution in [0.3, 0.4) is 0 Å². The molecule has 7 N–H and O–H groups in total. The molecular formula is C108H155N11O. The molecule has 12 nitrogen and oxygen atoms in total. The highest BCUT2D eigenvalue weighted by Gasteiger charge is 2.25. The summed E-state index contributed by atoms with van der Waals surface area (Å²) in [5, 5.41) is 24.3. The van der Waals surface area contributed by atoms with Crippen LogP contribution in [0.25, 0.3) is 0 Å². The summed E-state index contributed by atoms with van der Waals surface area (Å²) in [5.74, 6) is 0. The van der Waals surface area contributed by atoms with Gasteiger partial charge in [0.2, 0.25) is 0 Å². The topological polar surface area (TPSA) is 106 Å². The molecule has 1 atom stereocenters. The van der Waals surface area contributed by atoms with Crippen LogP contribution in [0, 0.1) is 0 Å². The van der Waals surface area contributed by atoms with Gasteiger partial charge in [0.25, 0.3) is 0 Å². The Morgan fingerprint density at radius 2 is 0.425 bits per heavy atom. The Morgan fingerprint density at radius 1 is 0.192 bits per heavy atom. The Morgan fingerprint density at radius 3 is 0.717 bits per heavy atom. The molecule has 1 unspecified atom stereocenters. The van der Waals surface area contributed by atoms with Crippen LogP contribution in [0.1, 0.15) is 213 Å². The van der Waals surface area contributed by atoms with Crippen LogP contribution >= 0.6 is 0 Å². The highest BCUT2D eigenvalue weighted by molar-refractivity contribution is 5.81. The molecule has 0 bridgehead atoms. The van der Waals surface area contributed by atoms with Gasteiger partial charge in [-0.1, -0.05) is 366 Å². The van der Waals surface area contributed by atoms with E-state index in [0.717, 1.165) is 115 Å². The minimum Gasteiger partial charge on any atom is -0.358 e. The second kappa shape index (κ2) is 70.4. The zero-order valence-electron chi connectivity index (χ0n) is 78.0. The fourth-order valence-electron chi connectivity index (χ4n) is 12.6. The first-order chi connectivity index (χ1) is 59.7. The van der Waals surface area contributed by atoms with E-state index < -0.39 is 0 Å². The smallest absolute Gasteiger partial charge is 0.134 e. The molecule has 4 heterocycles. The summed E-state index contributed by atoms with van der Waals surface area (Å²) in [5.41, 5.74) is 18.9. The largest absolute Gasteiger partial charge is 0.358 e. The molecule has 4 aliphatic heterocycles. The molecule has 16 rings (SSSR count). The third-order valence-corrected chi connectivity index (χ3v) is 17.2. The van der Waals surface area contributed by atoms with Crippen molar-refractivity contribution in [2.45, 2.75) is 191 Å². The number of rotatable bonds is 16. The van der Waals surface area contributed by atoms with Gasteiger partial charge in [-0.15, -0.1) is 0 Å². The maximum Gasteiger partial charge on any atom is 0.134 e. The van der Waals surface area contributed by atoms with E-state index in [2.05, 4.69) is 372 Å². The first-order valence-corrected chi connectivity index (χ1v) is 45.4. The Bertz CT molecular complexity index is 3910. The number of anilines is 12. The molecule has 0 spiro atoms. The summed E-state index contributed by atoms with van der Waals surface area (Å²) in [6.45, 7) is 55.7. The van der Waals surface area contributed by atoms with Crippen LogP contribution in [0.2, 0.25) is 0 Å². The van der Waals surface area contributed by atoms with Crippen molar-refractivity contribution >= 4 is 68.2 Å². The molecule has 0 amide bonds. The van der Waals surface area contributed by atoms with Crippen LogP contribution in [0.15, 0.2) is 340 Å². The van der Waals surface area contributed by atoms with Crippen LogP contribution < -0.4 is 56.8 Å². The lowest BCUT2D eigenvalue weighted by Gasteiger charge is -2.29. The van der Waals surface area contributed by atoms with Gasteiger partial charge in [-0.2, -0.15) is 0 Å². The highest BCUT2D eigenvalue weighted by Crippen LogP contribution is 2.41. The van der Waals surface area contributed by atoms with Crippen molar-refractivity contribution in [2.75, 3.05) is 72.0 Å². The first kappa shape index (κ1) is 108. The van der Waals surface area contributed by atoms with E-state index in [0.29, 0.717) is 0 Å². The molecular weight excluding hydrogens is 1470 g/mol. The number of nitrogens with zero attached hydrogens (tertiary/aromatic N) is 4. The molecule has 12 aromatic carbocycles. The van der Waals surface area contributed by atoms with Crippen molar-refractivity contribution < 1.29 is 4.74 Å². The molecule has 0 aliphatic carbocycles. The maximum atomic E-state index is 5.68. The molecule has 0 aromatic heterocycles. The van der Waals surface area contributed by atoms with Gasteiger partial charge in [0.15, 0.2) is 0 Å². The number of benzene rings is 12. The number of hydrogen-bond acceptors (Lipinski definition) is 12. The fourth-order valence-corrected chi connectivity index (χ4v) is 12.6. The molecule has 0 saturated carbocycles. The van der Waals surface area contributed by atoms with E-state index in [4.69, 9.17) is 4.74 Å².